The normalized spacial score (nSPS) is 19.8. The number of alkyl halides is 3. The van der Waals surface area contributed by atoms with Gasteiger partial charge in [0, 0.05) is 17.3 Å². The Labute approximate surface area is 146 Å². The van der Waals surface area contributed by atoms with E-state index in [1.165, 1.54) is 11.3 Å². The van der Waals surface area contributed by atoms with Crippen LogP contribution in [0.4, 0.5) is 18.3 Å². The summed E-state index contributed by atoms with van der Waals surface area (Å²) in [4.78, 5) is 9.74. The number of nitrogens with zero attached hydrogens (tertiary/aromatic N) is 3. The van der Waals surface area contributed by atoms with Gasteiger partial charge in [0.25, 0.3) is 0 Å². The van der Waals surface area contributed by atoms with Crippen molar-refractivity contribution in [3.05, 3.63) is 27.2 Å². The Balaban J connectivity index is 1.75. The number of aromatic nitrogens is 2. The molecule has 2 aromatic rings. The van der Waals surface area contributed by atoms with E-state index in [9.17, 15) is 13.2 Å². The minimum atomic E-state index is -4.35. The van der Waals surface area contributed by atoms with E-state index in [2.05, 4.69) is 30.7 Å². The molecule has 0 N–H and O–H groups in total. The molecule has 4 nitrogen and oxygen atoms in total. The number of hydrogen-bond acceptors (Lipinski definition) is 6. The van der Waals surface area contributed by atoms with Crippen LogP contribution in [0.15, 0.2) is 11.6 Å². The second kappa shape index (κ2) is 6.27. The van der Waals surface area contributed by atoms with E-state index in [1.54, 1.807) is 0 Å². The molecule has 3 rings (SSSR count). The highest BCUT2D eigenvalue weighted by atomic mass is 32.1. The van der Waals surface area contributed by atoms with Crippen LogP contribution in [0.25, 0.3) is 0 Å². The highest BCUT2D eigenvalue weighted by Crippen LogP contribution is 2.38. The number of anilines is 1. The third kappa shape index (κ3) is 3.73. The van der Waals surface area contributed by atoms with E-state index >= 15 is 0 Å². The molecule has 1 saturated heterocycles. The number of ether oxygens (including phenoxy) is 1. The maximum absolute atomic E-state index is 12.7. The largest absolute Gasteiger partial charge is 0.427 e. The highest BCUT2D eigenvalue weighted by molar-refractivity contribution is 7.15. The van der Waals surface area contributed by atoms with Crippen molar-refractivity contribution in [2.75, 3.05) is 24.6 Å². The Hall–Kier alpha value is -1.19. The molecule has 2 aromatic heterocycles. The molecule has 0 spiro atoms. The Morgan fingerprint density at radius 1 is 1.29 bits per heavy atom. The first kappa shape index (κ1) is 17.6. The lowest BCUT2D eigenvalue weighted by atomic mass is 9.93. The van der Waals surface area contributed by atoms with Crippen molar-refractivity contribution in [3.8, 4) is 0 Å². The monoisotopic (exact) mass is 377 g/mol. The summed E-state index contributed by atoms with van der Waals surface area (Å²) >= 11 is 2.20. The number of hydrogen-bond donors (Lipinski definition) is 0. The molecule has 0 bridgehead atoms. The zero-order valence-electron chi connectivity index (χ0n) is 13.6. The lowest BCUT2D eigenvalue weighted by Crippen LogP contribution is -2.38. The van der Waals surface area contributed by atoms with Crippen molar-refractivity contribution >= 4 is 27.8 Å². The summed E-state index contributed by atoms with van der Waals surface area (Å²) in [5.41, 5.74) is 0.955. The third-order valence-electron chi connectivity index (χ3n) is 3.68. The van der Waals surface area contributed by atoms with E-state index in [0.717, 1.165) is 16.9 Å². The van der Waals surface area contributed by atoms with Gasteiger partial charge in [-0.25, -0.2) is 9.97 Å². The van der Waals surface area contributed by atoms with Crippen LogP contribution >= 0.6 is 22.7 Å². The van der Waals surface area contributed by atoms with E-state index < -0.39 is 11.1 Å². The van der Waals surface area contributed by atoms with E-state index in [4.69, 9.17) is 4.74 Å². The van der Waals surface area contributed by atoms with Crippen molar-refractivity contribution < 1.29 is 17.9 Å². The smallest absolute Gasteiger partial charge is 0.367 e. The molecular weight excluding hydrogens is 359 g/mol. The van der Waals surface area contributed by atoms with Crippen molar-refractivity contribution in [2.45, 2.75) is 38.5 Å². The number of morpholine rings is 1. The minimum absolute atomic E-state index is 0.0416. The summed E-state index contributed by atoms with van der Waals surface area (Å²) in [6, 6.07) is 0. The summed E-state index contributed by atoms with van der Waals surface area (Å²) in [5.74, 6) is 0. The van der Waals surface area contributed by atoms with E-state index in [0.29, 0.717) is 36.2 Å². The Morgan fingerprint density at radius 3 is 2.62 bits per heavy atom. The maximum atomic E-state index is 12.7. The molecule has 9 heteroatoms. The fourth-order valence-corrected chi connectivity index (χ4v) is 4.20. The summed E-state index contributed by atoms with van der Waals surface area (Å²) in [5, 5.41) is 3.25. The van der Waals surface area contributed by atoms with Crippen LogP contribution in [-0.2, 0) is 16.3 Å². The standard InChI is InChI=1S/C15H18F3N3OS2/c1-14(2,3)10-8-23-12(20-10)9-7-21(4-5-22-9)13-19-6-11(24-13)15(16,17)18/h6,8-9H,4-5,7H2,1-3H3. The Bertz CT molecular complexity index is 647. The third-order valence-corrected chi connectivity index (χ3v) is 5.72. The van der Waals surface area contributed by atoms with Gasteiger partial charge in [0.1, 0.15) is 16.0 Å². The van der Waals surface area contributed by atoms with Crippen LogP contribution in [0.2, 0.25) is 0 Å². The Kier molecular flexibility index (Phi) is 4.61. The molecule has 0 amide bonds. The van der Waals surface area contributed by atoms with Crippen LogP contribution in [0.5, 0.6) is 0 Å². The highest BCUT2D eigenvalue weighted by Gasteiger charge is 2.35. The van der Waals surface area contributed by atoms with Gasteiger partial charge in [-0.3, -0.25) is 0 Å². The quantitative estimate of drug-likeness (QED) is 0.773. The van der Waals surface area contributed by atoms with Gasteiger partial charge in [-0.1, -0.05) is 32.1 Å². The van der Waals surface area contributed by atoms with Gasteiger partial charge < -0.3 is 9.64 Å². The summed E-state index contributed by atoms with van der Waals surface area (Å²) in [6.45, 7) is 7.70. The van der Waals surface area contributed by atoms with Gasteiger partial charge in [-0.2, -0.15) is 13.2 Å². The van der Waals surface area contributed by atoms with Crippen LogP contribution in [0.1, 0.15) is 42.5 Å². The predicted molar refractivity (Wildman–Crippen MR) is 88.8 cm³/mol. The van der Waals surface area contributed by atoms with Crippen molar-refractivity contribution in [3.63, 3.8) is 0 Å². The molecule has 24 heavy (non-hydrogen) atoms. The molecular formula is C15H18F3N3OS2. The van der Waals surface area contributed by atoms with Gasteiger partial charge in [0.2, 0.25) is 0 Å². The van der Waals surface area contributed by atoms with Crippen LogP contribution in [-0.4, -0.2) is 29.7 Å². The molecule has 1 atom stereocenters. The molecule has 1 fully saturated rings. The summed E-state index contributed by atoms with van der Waals surface area (Å²) < 4.78 is 44.0. The first-order valence-electron chi connectivity index (χ1n) is 7.50. The molecule has 132 valence electrons. The maximum Gasteiger partial charge on any atom is 0.427 e. The number of rotatable bonds is 2. The zero-order valence-corrected chi connectivity index (χ0v) is 15.2. The zero-order chi connectivity index (χ0) is 17.5. The van der Waals surface area contributed by atoms with Gasteiger partial charge in [0.05, 0.1) is 25.0 Å². The first-order chi connectivity index (χ1) is 11.1. The SMILES string of the molecule is CC(C)(C)c1csc(C2CN(c3ncc(C(F)(F)F)s3)CCO2)n1. The average molecular weight is 377 g/mol. The molecule has 0 radical (unpaired) electrons. The summed E-state index contributed by atoms with van der Waals surface area (Å²) in [6.07, 6.45) is -3.69. The number of halogens is 3. The lowest BCUT2D eigenvalue weighted by molar-refractivity contribution is -0.134. The number of thiazole rings is 2. The lowest BCUT2D eigenvalue weighted by Gasteiger charge is -2.31. The second-order valence-electron chi connectivity index (χ2n) is 6.63. The molecule has 3 heterocycles. The molecule has 1 aliphatic rings. The molecule has 0 saturated carbocycles. The molecule has 1 unspecified atom stereocenters. The van der Waals surface area contributed by atoms with Crippen molar-refractivity contribution in [1.29, 1.82) is 0 Å². The van der Waals surface area contributed by atoms with Crippen LogP contribution < -0.4 is 4.90 Å². The van der Waals surface area contributed by atoms with Crippen molar-refractivity contribution in [1.82, 2.24) is 9.97 Å². The molecule has 0 aliphatic carbocycles. The van der Waals surface area contributed by atoms with Gasteiger partial charge in [-0.05, 0) is 0 Å². The fourth-order valence-electron chi connectivity index (χ4n) is 2.29. The average Bonchev–Trinajstić information content (AvgIpc) is 3.16. The summed E-state index contributed by atoms with van der Waals surface area (Å²) in [7, 11) is 0. The van der Waals surface area contributed by atoms with E-state index in [1.807, 2.05) is 10.3 Å². The Morgan fingerprint density at radius 2 is 2.04 bits per heavy atom. The van der Waals surface area contributed by atoms with E-state index in [-0.39, 0.29) is 11.5 Å². The second-order valence-corrected chi connectivity index (χ2v) is 8.53. The van der Waals surface area contributed by atoms with Gasteiger partial charge in [0.15, 0.2) is 5.13 Å². The van der Waals surface area contributed by atoms with Crippen molar-refractivity contribution in [2.24, 2.45) is 0 Å². The fraction of sp³-hybridized carbons (Fsp3) is 0.600. The topological polar surface area (TPSA) is 38.2 Å². The predicted octanol–water partition coefficient (Wildman–Crippen LogP) is 4.49. The van der Waals surface area contributed by atoms with Crippen LogP contribution in [0, 0.1) is 0 Å². The van der Waals surface area contributed by atoms with Crippen LogP contribution in [0.3, 0.4) is 0 Å². The molecule has 0 aromatic carbocycles. The van der Waals surface area contributed by atoms with Gasteiger partial charge >= 0.3 is 6.18 Å². The molecule has 1 aliphatic heterocycles. The minimum Gasteiger partial charge on any atom is -0.367 e. The first-order valence-corrected chi connectivity index (χ1v) is 9.19. The van der Waals surface area contributed by atoms with Gasteiger partial charge in [-0.15, -0.1) is 11.3 Å².